The van der Waals surface area contributed by atoms with E-state index in [0.29, 0.717) is 0 Å². The van der Waals surface area contributed by atoms with Crippen molar-refractivity contribution in [1.82, 2.24) is 0 Å². The Balaban J connectivity index is 4.38. The number of ketones is 1. The smallest absolute Gasteiger partial charge is 0.277 e. The predicted molar refractivity (Wildman–Crippen MR) is 41.3 cm³/mol. The van der Waals surface area contributed by atoms with Crippen molar-refractivity contribution in [3.8, 4) is 0 Å². The highest BCUT2D eigenvalue weighted by atomic mass is 31.1. The first-order chi connectivity index (χ1) is 3.89. The number of hydrogen-bond acceptors (Lipinski definition) is 2. The lowest BCUT2D eigenvalue weighted by Crippen LogP contribution is -2.28. The molecule has 0 fully saturated rings. The summed E-state index contributed by atoms with van der Waals surface area (Å²) < 4.78 is 0. The normalized spacial score (nSPS) is 18.4. The van der Waals surface area contributed by atoms with Crippen LogP contribution < -0.4 is 0 Å². The highest BCUT2D eigenvalue weighted by Gasteiger charge is 2.36. The molecule has 0 aliphatic rings. The topological polar surface area (TPSA) is 37.3 Å². The summed E-state index contributed by atoms with van der Waals surface area (Å²) in [6, 6.07) is 0. The SMILES string of the molecule is C=[P+](C)C(C)(O)C(C)=O. The maximum Gasteiger partial charge on any atom is 0.277 e. The molecular formula is C6H12O2P+. The molecular weight excluding hydrogens is 135 g/mol. The maximum absolute atomic E-state index is 10.6. The van der Waals surface area contributed by atoms with E-state index >= 15 is 0 Å². The van der Waals surface area contributed by atoms with Crippen molar-refractivity contribution >= 4 is 19.6 Å². The first-order valence-corrected chi connectivity index (χ1v) is 4.64. The van der Waals surface area contributed by atoms with Crippen molar-refractivity contribution in [2.24, 2.45) is 0 Å². The molecule has 0 radical (unpaired) electrons. The van der Waals surface area contributed by atoms with Crippen molar-refractivity contribution in [2.45, 2.75) is 19.2 Å². The zero-order valence-corrected chi connectivity index (χ0v) is 6.90. The summed E-state index contributed by atoms with van der Waals surface area (Å²) in [5.74, 6) is -0.203. The van der Waals surface area contributed by atoms with Crippen LogP contribution in [-0.4, -0.2) is 29.2 Å². The first-order valence-electron chi connectivity index (χ1n) is 2.66. The van der Waals surface area contributed by atoms with Gasteiger partial charge in [0, 0.05) is 13.8 Å². The Hall–Kier alpha value is -0.200. The highest BCUT2D eigenvalue weighted by Crippen LogP contribution is 2.32. The van der Waals surface area contributed by atoms with Crippen molar-refractivity contribution in [2.75, 3.05) is 6.66 Å². The summed E-state index contributed by atoms with van der Waals surface area (Å²) in [5.41, 5.74) is 0. The Kier molecular flexibility index (Phi) is 2.53. The fraction of sp³-hybridized carbons (Fsp3) is 0.667. The van der Waals surface area contributed by atoms with Crippen LogP contribution in [0.5, 0.6) is 0 Å². The van der Waals surface area contributed by atoms with Gasteiger partial charge in [-0.15, -0.1) is 0 Å². The molecule has 0 aromatic rings. The molecule has 2 unspecified atom stereocenters. The largest absolute Gasteiger partial charge is 0.346 e. The first kappa shape index (κ1) is 8.80. The molecule has 9 heavy (non-hydrogen) atoms. The van der Waals surface area contributed by atoms with Crippen LogP contribution in [0.2, 0.25) is 0 Å². The molecule has 52 valence electrons. The van der Waals surface area contributed by atoms with Gasteiger partial charge in [-0.2, -0.15) is 0 Å². The van der Waals surface area contributed by atoms with E-state index in [1.807, 2.05) is 0 Å². The molecule has 2 atom stereocenters. The lowest BCUT2D eigenvalue weighted by molar-refractivity contribution is -0.126. The van der Waals surface area contributed by atoms with Crippen LogP contribution in [0.4, 0.5) is 0 Å². The van der Waals surface area contributed by atoms with Crippen LogP contribution in [0.1, 0.15) is 13.8 Å². The van der Waals surface area contributed by atoms with Crippen LogP contribution in [0.15, 0.2) is 0 Å². The molecule has 0 aromatic heterocycles. The van der Waals surface area contributed by atoms with Crippen molar-refractivity contribution in [1.29, 1.82) is 0 Å². The third kappa shape index (κ3) is 1.88. The van der Waals surface area contributed by atoms with Gasteiger partial charge in [-0.1, -0.05) is 0 Å². The third-order valence-electron chi connectivity index (χ3n) is 1.41. The van der Waals surface area contributed by atoms with Gasteiger partial charge in [0.2, 0.25) is 5.78 Å². The molecule has 0 bridgehead atoms. The molecule has 0 aliphatic carbocycles. The molecule has 0 rings (SSSR count). The lowest BCUT2D eigenvalue weighted by Gasteiger charge is -2.08. The zero-order valence-electron chi connectivity index (χ0n) is 6.01. The number of aliphatic hydroxyl groups is 1. The van der Waals surface area contributed by atoms with Gasteiger partial charge in [0.25, 0.3) is 5.34 Å². The van der Waals surface area contributed by atoms with Crippen LogP contribution in [0.3, 0.4) is 0 Å². The molecule has 0 aliphatic heterocycles. The number of carbonyl (C=O) groups is 1. The van der Waals surface area contributed by atoms with Gasteiger partial charge in [-0.05, 0) is 0 Å². The fourth-order valence-corrected chi connectivity index (χ4v) is 0.806. The summed E-state index contributed by atoms with van der Waals surface area (Å²) in [6.45, 7) is 4.66. The molecule has 1 N–H and O–H groups in total. The Morgan fingerprint density at radius 3 is 2.11 bits per heavy atom. The Morgan fingerprint density at radius 2 is 2.11 bits per heavy atom. The summed E-state index contributed by atoms with van der Waals surface area (Å²) >= 11 is 0. The molecule has 2 nitrogen and oxygen atoms in total. The number of hydrogen-bond donors (Lipinski definition) is 1. The fourth-order valence-electron chi connectivity index (χ4n) is 0.269. The minimum atomic E-state index is -1.19. The molecule has 0 spiro atoms. The van der Waals surface area contributed by atoms with Gasteiger partial charge in [0.15, 0.2) is 0 Å². The Labute approximate surface area is 56.3 Å². The van der Waals surface area contributed by atoms with E-state index in [9.17, 15) is 9.90 Å². The second-order valence-electron chi connectivity index (χ2n) is 2.27. The second kappa shape index (κ2) is 2.59. The highest BCUT2D eigenvalue weighted by molar-refractivity contribution is 7.57. The summed E-state index contributed by atoms with van der Waals surface area (Å²) in [7, 11) is -0.827. The zero-order chi connectivity index (χ0) is 7.65. The monoisotopic (exact) mass is 147 g/mol. The van der Waals surface area contributed by atoms with Crippen LogP contribution in [-0.2, 0) is 4.79 Å². The standard InChI is InChI=1S/C6H12O2P/c1-5(7)6(2,8)9(3)4/h8H,3H2,1-2,4H3/q+1. The van der Waals surface area contributed by atoms with Gasteiger partial charge in [-0.3, -0.25) is 4.79 Å². The number of rotatable bonds is 2. The minimum absolute atomic E-state index is 0.203. The quantitative estimate of drug-likeness (QED) is 0.587. The molecule has 0 saturated heterocycles. The van der Waals surface area contributed by atoms with Gasteiger partial charge in [0.05, 0.1) is 13.0 Å². The Bertz CT molecular complexity index is 133. The number of carbonyl (C=O) groups excluding carboxylic acids is 1. The average Bonchev–Trinajstić information content (AvgIpc) is 1.65. The van der Waals surface area contributed by atoms with E-state index < -0.39 is 12.9 Å². The summed E-state index contributed by atoms with van der Waals surface area (Å²) in [6.07, 6.45) is 3.63. The number of Topliss-reactive ketones (excluding diaryl/α,β-unsaturated/α-hetero) is 1. The van der Waals surface area contributed by atoms with Crippen LogP contribution in [0.25, 0.3) is 0 Å². The molecule has 0 amide bonds. The third-order valence-corrected chi connectivity index (χ3v) is 3.21. The van der Waals surface area contributed by atoms with Gasteiger partial charge in [-0.25, -0.2) is 0 Å². The summed E-state index contributed by atoms with van der Waals surface area (Å²) in [5, 5.41) is 8.10. The van der Waals surface area contributed by atoms with Crippen LogP contribution in [0, 0.1) is 0 Å². The molecule has 0 saturated carbocycles. The van der Waals surface area contributed by atoms with E-state index in [1.54, 1.807) is 6.66 Å². The summed E-state index contributed by atoms with van der Waals surface area (Å²) in [4.78, 5) is 10.6. The van der Waals surface area contributed by atoms with Gasteiger partial charge < -0.3 is 5.11 Å². The van der Waals surface area contributed by atoms with Gasteiger partial charge >= 0.3 is 0 Å². The van der Waals surface area contributed by atoms with Crippen molar-refractivity contribution in [3.05, 3.63) is 0 Å². The van der Waals surface area contributed by atoms with Crippen LogP contribution >= 0.6 is 7.55 Å². The maximum atomic E-state index is 10.6. The second-order valence-corrected chi connectivity index (χ2v) is 4.54. The molecule has 0 heterocycles. The van der Waals surface area contributed by atoms with Crippen molar-refractivity contribution < 1.29 is 9.90 Å². The molecule has 3 heteroatoms. The minimum Gasteiger partial charge on any atom is -0.346 e. The van der Waals surface area contributed by atoms with Gasteiger partial charge in [0.1, 0.15) is 7.55 Å². The van der Waals surface area contributed by atoms with E-state index in [-0.39, 0.29) is 5.78 Å². The Morgan fingerprint density at radius 1 is 1.78 bits per heavy atom. The molecule has 0 aromatic carbocycles. The van der Waals surface area contributed by atoms with Crippen molar-refractivity contribution in [3.63, 3.8) is 0 Å². The average molecular weight is 147 g/mol. The van der Waals surface area contributed by atoms with E-state index in [2.05, 4.69) is 6.30 Å². The van der Waals surface area contributed by atoms with E-state index in [1.165, 1.54) is 13.8 Å². The van der Waals surface area contributed by atoms with E-state index in [0.717, 1.165) is 0 Å². The lowest BCUT2D eigenvalue weighted by atomic mass is 10.3. The van der Waals surface area contributed by atoms with E-state index in [4.69, 9.17) is 0 Å². The predicted octanol–water partition coefficient (Wildman–Crippen LogP) is 0.828.